The van der Waals surface area contributed by atoms with Gasteiger partial charge in [-0.25, -0.2) is 5.84 Å². The molecule has 0 unspecified atom stereocenters. The molecule has 2 heteroatoms. The molecule has 0 aliphatic carbocycles. The predicted octanol–water partition coefficient (Wildman–Crippen LogP) is 1.66. The average Bonchev–Trinajstić information content (AvgIpc) is 1.88. The molecule has 2 nitrogen and oxygen atoms in total. The second-order valence-corrected chi connectivity index (χ2v) is 2.41. The van der Waals surface area contributed by atoms with Gasteiger partial charge in [0.25, 0.3) is 0 Å². The van der Waals surface area contributed by atoms with E-state index in [1.165, 1.54) is 0 Å². The van der Waals surface area contributed by atoms with Gasteiger partial charge in [0.05, 0.1) is 0 Å². The van der Waals surface area contributed by atoms with Crippen LogP contribution >= 0.6 is 0 Å². The van der Waals surface area contributed by atoms with Crippen molar-refractivity contribution < 1.29 is 0 Å². The van der Waals surface area contributed by atoms with Gasteiger partial charge in [-0.1, -0.05) is 12.2 Å². The van der Waals surface area contributed by atoms with Gasteiger partial charge in [0, 0.05) is 12.2 Å². The normalized spacial score (nSPS) is 12.1. The molecular formula is C8H16N2. The van der Waals surface area contributed by atoms with Gasteiger partial charge in [-0.3, -0.25) is 0 Å². The minimum Gasteiger partial charge on any atom is -0.316 e. The van der Waals surface area contributed by atoms with Crippen LogP contribution in [0.1, 0.15) is 20.8 Å². The molecule has 0 fully saturated rings. The molecule has 0 heterocycles. The number of hydrogen-bond donors (Lipinski definition) is 1. The van der Waals surface area contributed by atoms with E-state index >= 15 is 0 Å². The Hall–Kier alpha value is -0.760. The molecular weight excluding hydrogens is 124 g/mol. The molecule has 0 aromatic rings. The highest BCUT2D eigenvalue weighted by atomic mass is 15.4. The summed E-state index contributed by atoms with van der Waals surface area (Å²) < 4.78 is 0. The first-order valence-electron chi connectivity index (χ1n) is 3.51. The lowest BCUT2D eigenvalue weighted by Crippen LogP contribution is -2.31. The van der Waals surface area contributed by atoms with E-state index in [-0.39, 0.29) is 0 Å². The Labute approximate surface area is 63.0 Å². The number of hydrazine groups is 1. The van der Waals surface area contributed by atoms with Crippen molar-refractivity contribution in [2.75, 3.05) is 0 Å². The Bertz CT molecular complexity index is 125. The molecule has 2 N–H and O–H groups in total. The first-order chi connectivity index (χ1) is 4.68. The fraction of sp³-hybridized carbons (Fsp3) is 0.500. The minimum atomic E-state index is 0.363. The molecule has 0 rings (SSSR count). The molecule has 0 aliphatic rings. The van der Waals surface area contributed by atoms with Crippen LogP contribution in [0.4, 0.5) is 0 Å². The third-order valence-electron chi connectivity index (χ3n) is 1.16. The van der Waals surface area contributed by atoms with E-state index in [1.807, 2.05) is 45.2 Å². The second-order valence-electron chi connectivity index (χ2n) is 2.41. The van der Waals surface area contributed by atoms with Gasteiger partial charge >= 0.3 is 0 Å². The lowest BCUT2D eigenvalue weighted by molar-refractivity contribution is 0.323. The summed E-state index contributed by atoms with van der Waals surface area (Å²) in [4.78, 5) is 0. The van der Waals surface area contributed by atoms with Crippen molar-refractivity contribution in [3.8, 4) is 0 Å². The van der Waals surface area contributed by atoms with E-state index in [0.29, 0.717) is 6.04 Å². The Morgan fingerprint density at radius 1 is 1.30 bits per heavy atom. The van der Waals surface area contributed by atoms with Gasteiger partial charge in [0.1, 0.15) is 0 Å². The SMILES string of the molecule is C/C=C\C=C/N(N)C(C)C. The Balaban J connectivity index is 3.66. The maximum Gasteiger partial charge on any atom is 0.0389 e. The molecule has 0 bridgehead atoms. The fourth-order valence-electron chi connectivity index (χ4n) is 0.432. The highest BCUT2D eigenvalue weighted by Gasteiger charge is 1.93. The fourth-order valence-corrected chi connectivity index (χ4v) is 0.432. The summed E-state index contributed by atoms with van der Waals surface area (Å²) in [6.45, 7) is 6.06. The summed E-state index contributed by atoms with van der Waals surface area (Å²) in [5, 5.41) is 1.67. The number of allylic oxidation sites excluding steroid dienone is 3. The molecule has 0 saturated heterocycles. The lowest BCUT2D eigenvalue weighted by atomic mass is 10.4. The molecule has 0 aliphatic heterocycles. The third kappa shape index (κ3) is 4.15. The molecule has 58 valence electrons. The minimum absolute atomic E-state index is 0.363. The van der Waals surface area contributed by atoms with Crippen molar-refractivity contribution in [3.63, 3.8) is 0 Å². The van der Waals surface area contributed by atoms with Crippen molar-refractivity contribution in [1.82, 2.24) is 5.01 Å². The maximum absolute atomic E-state index is 5.57. The summed E-state index contributed by atoms with van der Waals surface area (Å²) in [6, 6.07) is 0.363. The zero-order valence-electron chi connectivity index (χ0n) is 6.91. The zero-order chi connectivity index (χ0) is 7.98. The Kier molecular flexibility index (Phi) is 4.67. The van der Waals surface area contributed by atoms with Crippen molar-refractivity contribution in [3.05, 3.63) is 24.4 Å². The number of hydrogen-bond acceptors (Lipinski definition) is 2. The standard InChI is InChI=1S/C8H16N2/c1-4-5-6-7-10(9)8(2)3/h4-8H,9H2,1-3H3/b5-4-,7-6-. The molecule has 0 amide bonds. The van der Waals surface area contributed by atoms with Gasteiger partial charge in [-0.2, -0.15) is 0 Å². The van der Waals surface area contributed by atoms with Gasteiger partial charge in [-0.15, -0.1) is 0 Å². The van der Waals surface area contributed by atoms with Crippen LogP contribution in [0, 0.1) is 0 Å². The average molecular weight is 140 g/mol. The van der Waals surface area contributed by atoms with Crippen LogP contribution in [-0.4, -0.2) is 11.1 Å². The summed E-state index contributed by atoms with van der Waals surface area (Å²) in [6.07, 6.45) is 7.68. The highest BCUT2D eigenvalue weighted by molar-refractivity contribution is 5.00. The van der Waals surface area contributed by atoms with E-state index in [1.54, 1.807) is 5.01 Å². The van der Waals surface area contributed by atoms with Crippen LogP contribution in [0.3, 0.4) is 0 Å². The van der Waals surface area contributed by atoms with Crippen LogP contribution in [0.2, 0.25) is 0 Å². The van der Waals surface area contributed by atoms with Gasteiger partial charge in [0.15, 0.2) is 0 Å². The van der Waals surface area contributed by atoms with E-state index < -0.39 is 0 Å². The Morgan fingerprint density at radius 2 is 1.90 bits per heavy atom. The number of rotatable bonds is 3. The largest absolute Gasteiger partial charge is 0.316 e. The maximum atomic E-state index is 5.57. The van der Waals surface area contributed by atoms with Crippen LogP contribution in [-0.2, 0) is 0 Å². The lowest BCUT2D eigenvalue weighted by Gasteiger charge is -2.17. The van der Waals surface area contributed by atoms with Crippen molar-refractivity contribution in [2.45, 2.75) is 26.8 Å². The van der Waals surface area contributed by atoms with E-state index in [9.17, 15) is 0 Å². The van der Waals surface area contributed by atoms with Crippen molar-refractivity contribution in [2.24, 2.45) is 5.84 Å². The molecule has 10 heavy (non-hydrogen) atoms. The van der Waals surface area contributed by atoms with E-state index in [0.717, 1.165) is 0 Å². The van der Waals surface area contributed by atoms with E-state index in [4.69, 9.17) is 5.84 Å². The summed E-state index contributed by atoms with van der Waals surface area (Å²) >= 11 is 0. The molecule has 0 radical (unpaired) electrons. The molecule has 0 aromatic carbocycles. The van der Waals surface area contributed by atoms with Crippen LogP contribution in [0.15, 0.2) is 24.4 Å². The Morgan fingerprint density at radius 3 is 2.30 bits per heavy atom. The topological polar surface area (TPSA) is 29.3 Å². The van der Waals surface area contributed by atoms with Gasteiger partial charge in [-0.05, 0) is 26.8 Å². The smallest absolute Gasteiger partial charge is 0.0389 e. The molecule has 0 atom stereocenters. The van der Waals surface area contributed by atoms with Crippen LogP contribution < -0.4 is 5.84 Å². The summed E-state index contributed by atoms with van der Waals surface area (Å²) in [5.74, 6) is 5.57. The van der Waals surface area contributed by atoms with Gasteiger partial charge < -0.3 is 5.01 Å². The van der Waals surface area contributed by atoms with Crippen molar-refractivity contribution in [1.29, 1.82) is 0 Å². The molecule has 0 saturated carbocycles. The van der Waals surface area contributed by atoms with Gasteiger partial charge in [0.2, 0.25) is 0 Å². The van der Waals surface area contributed by atoms with Crippen LogP contribution in [0.25, 0.3) is 0 Å². The first kappa shape index (κ1) is 9.24. The highest BCUT2D eigenvalue weighted by Crippen LogP contribution is 1.90. The van der Waals surface area contributed by atoms with Crippen molar-refractivity contribution >= 4 is 0 Å². The molecule has 0 aromatic heterocycles. The van der Waals surface area contributed by atoms with Crippen LogP contribution in [0.5, 0.6) is 0 Å². The third-order valence-corrected chi connectivity index (χ3v) is 1.16. The first-order valence-corrected chi connectivity index (χ1v) is 3.51. The van der Waals surface area contributed by atoms with E-state index in [2.05, 4.69) is 0 Å². The quantitative estimate of drug-likeness (QED) is 0.367. The monoisotopic (exact) mass is 140 g/mol. The second kappa shape index (κ2) is 5.06. The zero-order valence-corrected chi connectivity index (χ0v) is 6.91. The summed E-state index contributed by atoms with van der Waals surface area (Å²) in [5.41, 5.74) is 0. The number of nitrogens with two attached hydrogens (primary N) is 1. The number of nitrogens with zero attached hydrogens (tertiary/aromatic N) is 1. The molecule has 0 spiro atoms. The predicted molar refractivity (Wildman–Crippen MR) is 45.1 cm³/mol. The summed E-state index contributed by atoms with van der Waals surface area (Å²) in [7, 11) is 0.